The Hall–Kier alpha value is -3.15. The smallest absolute Gasteiger partial charge is 0.258 e. The molecule has 0 aromatic heterocycles. The van der Waals surface area contributed by atoms with Crippen molar-refractivity contribution in [1.29, 1.82) is 0 Å². The van der Waals surface area contributed by atoms with Crippen molar-refractivity contribution < 1.29 is 14.3 Å². The van der Waals surface area contributed by atoms with E-state index in [0.717, 1.165) is 49.5 Å². The van der Waals surface area contributed by atoms with Gasteiger partial charge in [0.15, 0.2) is 6.61 Å². The molecule has 0 unspecified atom stereocenters. The van der Waals surface area contributed by atoms with E-state index in [1.807, 2.05) is 54.6 Å². The van der Waals surface area contributed by atoms with Crippen LogP contribution in [0, 0.1) is 6.92 Å². The van der Waals surface area contributed by atoms with Crippen LogP contribution in [0.1, 0.15) is 17.2 Å². The molecule has 3 aromatic rings. The van der Waals surface area contributed by atoms with Crippen molar-refractivity contribution in [2.24, 2.45) is 0 Å². The van der Waals surface area contributed by atoms with E-state index in [2.05, 4.69) is 41.4 Å². The Morgan fingerprint density at radius 3 is 2.41 bits per heavy atom. The van der Waals surface area contributed by atoms with Crippen LogP contribution in [0.4, 0.5) is 0 Å². The van der Waals surface area contributed by atoms with E-state index in [4.69, 9.17) is 9.47 Å². The van der Waals surface area contributed by atoms with Crippen LogP contribution in [0.25, 0.3) is 11.1 Å². The van der Waals surface area contributed by atoms with Crippen LogP contribution in [0.2, 0.25) is 0 Å². The molecule has 3 aromatic carbocycles. The molecule has 0 aliphatic carbocycles. The number of nitrogens with zero attached hydrogens (tertiary/aromatic N) is 1. The van der Waals surface area contributed by atoms with Crippen molar-refractivity contribution in [2.45, 2.75) is 13.0 Å². The van der Waals surface area contributed by atoms with E-state index in [1.165, 1.54) is 5.56 Å². The molecule has 1 heterocycles. The molecule has 0 saturated carbocycles. The summed E-state index contributed by atoms with van der Waals surface area (Å²) < 4.78 is 11.4. The van der Waals surface area contributed by atoms with E-state index in [0.29, 0.717) is 5.75 Å². The van der Waals surface area contributed by atoms with Gasteiger partial charge in [-0.1, -0.05) is 78.4 Å². The van der Waals surface area contributed by atoms with Gasteiger partial charge in [-0.05, 0) is 24.1 Å². The molecular weight excluding hydrogens is 400 g/mol. The molecule has 5 heteroatoms. The van der Waals surface area contributed by atoms with Crippen LogP contribution in [-0.4, -0.2) is 50.3 Å². The molecule has 1 aliphatic heterocycles. The van der Waals surface area contributed by atoms with Crippen molar-refractivity contribution in [3.8, 4) is 16.9 Å². The number of para-hydroxylation sites is 1. The van der Waals surface area contributed by atoms with Crippen molar-refractivity contribution >= 4 is 5.91 Å². The first-order valence-corrected chi connectivity index (χ1v) is 11.1. The fraction of sp³-hybridized carbons (Fsp3) is 0.296. The Morgan fingerprint density at radius 2 is 1.66 bits per heavy atom. The van der Waals surface area contributed by atoms with E-state index in [1.54, 1.807) is 0 Å². The number of morpholine rings is 1. The lowest BCUT2D eigenvalue weighted by Crippen LogP contribution is -2.44. The topological polar surface area (TPSA) is 50.8 Å². The third-order valence-corrected chi connectivity index (χ3v) is 5.69. The maximum atomic E-state index is 12.9. The van der Waals surface area contributed by atoms with Crippen molar-refractivity contribution in [3.05, 3.63) is 90.0 Å². The van der Waals surface area contributed by atoms with Crippen LogP contribution in [0.15, 0.2) is 78.9 Å². The maximum Gasteiger partial charge on any atom is 0.258 e. The molecule has 1 atom stereocenters. The van der Waals surface area contributed by atoms with Gasteiger partial charge >= 0.3 is 0 Å². The molecule has 5 nitrogen and oxygen atoms in total. The molecule has 1 amide bonds. The fourth-order valence-corrected chi connectivity index (χ4v) is 3.90. The predicted octanol–water partition coefficient (Wildman–Crippen LogP) is 4.23. The summed E-state index contributed by atoms with van der Waals surface area (Å²) in [7, 11) is 0. The third kappa shape index (κ3) is 5.96. The first-order valence-electron chi connectivity index (χ1n) is 11.1. The summed E-state index contributed by atoms with van der Waals surface area (Å²) in [4.78, 5) is 15.2. The second-order valence-electron chi connectivity index (χ2n) is 8.09. The Balaban J connectivity index is 1.43. The molecule has 166 valence electrons. The molecule has 1 fully saturated rings. The normalized spacial score (nSPS) is 15.2. The quantitative estimate of drug-likeness (QED) is 0.581. The average Bonchev–Trinajstić information content (AvgIpc) is 2.84. The summed E-state index contributed by atoms with van der Waals surface area (Å²) in [5.41, 5.74) is 4.34. The van der Waals surface area contributed by atoms with Crippen LogP contribution in [-0.2, 0) is 9.53 Å². The van der Waals surface area contributed by atoms with Gasteiger partial charge in [0.25, 0.3) is 5.91 Å². The molecule has 0 spiro atoms. The standard InChI is InChI=1S/C27H30N2O3/c1-21-11-13-23(14-12-21)25(19-29-15-17-31-18-16-29)28-27(30)20-32-26-10-6-5-9-24(26)22-7-3-2-4-8-22/h2-14,25H,15-20H2,1H3,(H,28,30)/t25-/m0/s1. The molecule has 32 heavy (non-hydrogen) atoms. The zero-order valence-electron chi connectivity index (χ0n) is 18.5. The number of hydrogen-bond donors (Lipinski definition) is 1. The maximum absolute atomic E-state index is 12.9. The first-order chi connectivity index (χ1) is 15.7. The lowest BCUT2D eigenvalue weighted by molar-refractivity contribution is -0.124. The van der Waals surface area contributed by atoms with Crippen LogP contribution in [0.5, 0.6) is 5.75 Å². The predicted molar refractivity (Wildman–Crippen MR) is 127 cm³/mol. The second-order valence-corrected chi connectivity index (χ2v) is 8.09. The SMILES string of the molecule is Cc1ccc([C@H](CN2CCOCC2)NC(=O)COc2ccccc2-c2ccccc2)cc1. The largest absolute Gasteiger partial charge is 0.483 e. The highest BCUT2D eigenvalue weighted by molar-refractivity contribution is 5.79. The zero-order chi connectivity index (χ0) is 22.2. The summed E-state index contributed by atoms with van der Waals surface area (Å²) in [5, 5.41) is 3.18. The van der Waals surface area contributed by atoms with Crippen LogP contribution in [0.3, 0.4) is 0 Å². The molecule has 1 N–H and O–H groups in total. The summed E-state index contributed by atoms with van der Waals surface area (Å²) >= 11 is 0. The number of hydrogen-bond acceptors (Lipinski definition) is 4. The number of amides is 1. The minimum atomic E-state index is -0.133. The summed E-state index contributed by atoms with van der Waals surface area (Å²) in [6, 6.07) is 26.1. The molecular formula is C27H30N2O3. The van der Waals surface area contributed by atoms with Crippen molar-refractivity contribution in [3.63, 3.8) is 0 Å². The molecule has 0 radical (unpaired) electrons. The number of rotatable bonds is 8. The molecule has 4 rings (SSSR count). The Morgan fingerprint density at radius 1 is 0.969 bits per heavy atom. The van der Waals surface area contributed by atoms with E-state index >= 15 is 0 Å². The highest BCUT2D eigenvalue weighted by atomic mass is 16.5. The molecule has 0 bridgehead atoms. The summed E-state index contributed by atoms with van der Waals surface area (Å²) in [6.07, 6.45) is 0. The van der Waals surface area contributed by atoms with E-state index < -0.39 is 0 Å². The van der Waals surface area contributed by atoms with Gasteiger partial charge in [0.2, 0.25) is 0 Å². The van der Waals surface area contributed by atoms with Gasteiger partial charge in [-0.3, -0.25) is 9.69 Å². The monoisotopic (exact) mass is 430 g/mol. The van der Waals surface area contributed by atoms with E-state index in [-0.39, 0.29) is 18.6 Å². The van der Waals surface area contributed by atoms with Crippen molar-refractivity contribution in [1.82, 2.24) is 10.2 Å². The van der Waals surface area contributed by atoms with E-state index in [9.17, 15) is 4.79 Å². The highest BCUT2D eigenvalue weighted by Crippen LogP contribution is 2.29. The number of carbonyl (C=O) groups excluding carboxylic acids is 1. The van der Waals surface area contributed by atoms with Gasteiger partial charge in [0.05, 0.1) is 19.3 Å². The second kappa shape index (κ2) is 10.9. The van der Waals surface area contributed by atoms with Crippen LogP contribution >= 0.6 is 0 Å². The molecule has 1 aliphatic rings. The van der Waals surface area contributed by atoms with Gasteiger partial charge < -0.3 is 14.8 Å². The lowest BCUT2D eigenvalue weighted by atomic mass is 10.0. The Bertz CT molecular complexity index is 999. The summed E-state index contributed by atoms with van der Waals surface area (Å²) in [5.74, 6) is 0.570. The Labute approximate surface area is 190 Å². The fourth-order valence-electron chi connectivity index (χ4n) is 3.90. The third-order valence-electron chi connectivity index (χ3n) is 5.69. The highest BCUT2D eigenvalue weighted by Gasteiger charge is 2.20. The number of nitrogens with one attached hydrogen (secondary N) is 1. The zero-order valence-corrected chi connectivity index (χ0v) is 18.5. The number of benzene rings is 3. The van der Waals surface area contributed by atoms with Gasteiger partial charge in [0.1, 0.15) is 5.75 Å². The number of aryl methyl sites for hydroxylation is 1. The average molecular weight is 431 g/mol. The minimum Gasteiger partial charge on any atom is -0.483 e. The lowest BCUT2D eigenvalue weighted by Gasteiger charge is -2.31. The minimum absolute atomic E-state index is 0.0324. The first kappa shape index (κ1) is 22.1. The molecule has 1 saturated heterocycles. The van der Waals surface area contributed by atoms with Gasteiger partial charge in [-0.25, -0.2) is 0 Å². The Kier molecular flexibility index (Phi) is 7.54. The van der Waals surface area contributed by atoms with Gasteiger partial charge in [0, 0.05) is 25.2 Å². The number of carbonyl (C=O) groups is 1. The van der Waals surface area contributed by atoms with Gasteiger partial charge in [-0.2, -0.15) is 0 Å². The van der Waals surface area contributed by atoms with Crippen molar-refractivity contribution in [2.75, 3.05) is 39.5 Å². The number of ether oxygens (including phenoxy) is 2. The summed E-state index contributed by atoms with van der Waals surface area (Å²) in [6.45, 7) is 5.99. The van der Waals surface area contributed by atoms with Gasteiger partial charge in [-0.15, -0.1) is 0 Å². The van der Waals surface area contributed by atoms with Crippen LogP contribution < -0.4 is 10.1 Å².